The van der Waals surface area contributed by atoms with E-state index in [1.807, 2.05) is 13.8 Å². The number of ether oxygens (including phenoxy) is 2. The van der Waals surface area contributed by atoms with E-state index in [1.54, 1.807) is 36.1 Å². The van der Waals surface area contributed by atoms with E-state index >= 15 is 0 Å². The molecule has 1 fully saturated rings. The van der Waals surface area contributed by atoms with Crippen LogP contribution in [0.25, 0.3) is 11.4 Å². The number of anilines is 1. The van der Waals surface area contributed by atoms with Crippen LogP contribution in [-0.2, 0) is 12.7 Å². The van der Waals surface area contributed by atoms with Gasteiger partial charge in [0.25, 0.3) is 0 Å². The molecular weight excluding hydrogens is 568 g/mol. The molecule has 43 heavy (non-hydrogen) atoms. The third-order valence-corrected chi connectivity index (χ3v) is 7.48. The zero-order valence-corrected chi connectivity index (χ0v) is 24.1. The maximum atomic E-state index is 13.3. The molecule has 1 unspecified atom stereocenters. The monoisotopic (exact) mass is 600 g/mol. The molecule has 0 saturated heterocycles. The van der Waals surface area contributed by atoms with Gasteiger partial charge in [-0.3, -0.25) is 0 Å². The van der Waals surface area contributed by atoms with Crippen LogP contribution < -0.4 is 14.8 Å². The molecule has 5 rings (SSSR count). The number of aromatic nitrogens is 6. The van der Waals surface area contributed by atoms with Gasteiger partial charge in [0.05, 0.1) is 49.7 Å². The topological polar surface area (TPSA) is 116 Å². The highest BCUT2D eigenvalue weighted by atomic mass is 19.4. The van der Waals surface area contributed by atoms with Gasteiger partial charge in [0.2, 0.25) is 11.8 Å². The molecule has 0 amide bonds. The number of imidazole rings is 1. The summed E-state index contributed by atoms with van der Waals surface area (Å²) >= 11 is 0. The van der Waals surface area contributed by atoms with E-state index in [0.717, 1.165) is 46.6 Å². The molecule has 10 nitrogen and oxygen atoms in total. The number of rotatable bonds is 12. The Bertz CT molecular complexity index is 1600. The lowest BCUT2D eigenvalue weighted by Crippen LogP contribution is -2.18. The predicted octanol–water partition coefficient (Wildman–Crippen LogP) is 6.20. The van der Waals surface area contributed by atoms with Crippen LogP contribution in [0, 0.1) is 5.41 Å². The van der Waals surface area contributed by atoms with E-state index in [9.17, 15) is 17.6 Å². The Morgan fingerprint density at radius 3 is 2.37 bits per heavy atom. The molecule has 3 heterocycles. The summed E-state index contributed by atoms with van der Waals surface area (Å²) in [6.45, 7) is 2.78. The average Bonchev–Trinajstić information content (AvgIpc) is 3.66. The summed E-state index contributed by atoms with van der Waals surface area (Å²) in [4.78, 5) is 12.6. The Labute approximate surface area is 245 Å². The summed E-state index contributed by atoms with van der Waals surface area (Å²) < 4.78 is 66.9. The number of nitrogens with zero attached hydrogens (tertiary/aromatic N) is 6. The quantitative estimate of drug-likeness (QED) is 0.147. The van der Waals surface area contributed by atoms with Crippen LogP contribution >= 0.6 is 0 Å². The molecule has 2 N–H and O–H groups in total. The first-order valence-corrected chi connectivity index (χ1v) is 13.7. The molecule has 3 aromatic heterocycles. The van der Waals surface area contributed by atoms with Gasteiger partial charge in [-0.1, -0.05) is 24.3 Å². The van der Waals surface area contributed by atoms with Crippen LogP contribution in [0.3, 0.4) is 0 Å². The van der Waals surface area contributed by atoms with Gasteiger partial charge in [0.1, 0.15) is 24.6 Å². The van der Waals surface area contributed by atoms with E-state index in [2.05, 4.69) is 25.4 Å². The van der Waals surface area contributed by atoms with Crippen molar-refractivity contribution >= 4 is 12.0 Å². The van der Waals surface area contributed by atoms with Crippen molar-refractivity contribution in [3.63, 3.8) is 0 Å². The van der Waals surface area contributed by atoms with Crippen LogP contribution in [0.2, 0.25) is 0 Å². The van der Waals surface area contributed by atoms with E-state index in [4.69, 9.17) is 14.9 Å². The molecule has 4 aromatic rings. The van der Waals surface area contributed by atoms with Crippen molar-refractivity contribution in [1.82, 2.24) is 29.3 Å². The van der Waals surface area contributed by atoms with Crippen LogP contribution in [-0.4, -0.2) is 56.4 Å². The van der Waals surface area contributed by atoms with E-state index < -0.39 is 18.5 Å². The first kappa shape index (κ1) is 30.0. The highest BCUT2D eigenvalue weighted by Gasteiger charge is 2.35. The number of hydrogen-bond donors (Lipinski definition) is 2. The van der Waals surface area contributed by atoms with Gasteiger partial charge in [0.15, 0.2) is 5.69 Å². The molecule has 1 aromatic carbocycles. The number of aryl methyl sites for hydroxylation is 1. The molecular formula is C29H32F4N8O2. The second-order valence-corrected chi connectivity index (χ2v) is 10.3. The fourth-order valence-electron chi connectivity index (χ4n) is 5.15. The molecule has 14 heteroatoms. The highest BCUT2D eigenvalue weighted by Crippen LogP contribution is 2.44. The van der Waals surface area contributed by atoms with Crippen LogP contribution in [0.4, 0.5) is 23.4 Å². The van der Waals surface area contributed by atoms with Crippen molar-refractivity contribution < 1.29 is 27.0 Å². The second-order valence-electron chi connectivity index (χ2n) is 10.3. The van der Waals surface area contributed by atoms with Crippen molar-refractivity contribution in [2.75, 3.05) is 26.2 Å². The molecule has 2 atom stereocenters. The van der Waals surface area contributed by atoms with Crippen LogP contribution in [0.15, 0.2) is 36.8 Å². The minimum Gasteiger partial charge on any atom is -0.481 e. The zero-order chi connectivity index (χ0) is 30.9. The SMILES string of the molecule is COc1nn([C@@H](C)c2ccc(-c3nc(C(F)(F)F)cn3CCF)cc2)c(NC(C)c2c(OC)ncnc2C2CC2)c1C=N. The molecule has 0 radical (unpaired) electrons. The van der Waals surface area contributed by atoms with E-state index in [1.165, 1.54) is 13.4 Å². The van der Waals surface area contributed by atoms with Gasteiger partial charge < -0.3 is 24.8 Å². The first-order valence-electron chi connectivity index (χ1n) is 13.7. The van der Waals surface area contributed by atoms with E-state index in [0.29, 0.717) is 28.7 Å². The summed E-state index contributed by atoms with van der Waals surface area (Å²) in [5, 5.41) is 16.2. The van der Waals surface area contributed by atoms with Crippen molar-refractivity contribution in [2.24, 2.45) is 0 Å². The second kappa shape index (κ2) is 12.0. The molecule has 228 valence electrons. The summed E-state index contributed by atoms with van der Waals surface area (Å²) in [5.41, 5.74) is 2.30. The number of alkyl halides is 4. The summed E-state index contributed by atoms with van der Waals surface area (Å²) in [7, 11) is 3.03. The summed E-state index contributed by atoms with van der Waals surface area (Å²) in [6, 6.07) is 6.09. The lowest BCUT2D eigenvalue weighted by atomic mass is 10.0. The third-order valence-electron chi connectivity index (χ3n) is 7.48. The number of benzene rings is 1. The Morgan fingerprint density at radius 2 is 1.79 bits per heavy atom. The number of methoxy groups -OCH3 is 2. The first-order chi connectivity index (χ1) is 20.6. The van der Waals surface area contributed by atoms with Crippen molar-refractivity contribution in [3.8, 4) is 23.1 Å². The normalized spacial score (nSPS) is 14.8. The number of halogens is 4. The third kappa shape index (κ3) is 5.90. The Hall–Kier alpha value is -4.49. The Kier molecular flexibility index (Phi) is 8.38. The van der Waals surface area contributed by atoms with E-state index in [-0.39, 0.29) is 30.3 Å². The highest BCUT2D eigenvalue weighted by molar-refractivity contribution is 5.88. The standard InChI is InChI=1S/C29H32F4N8O2/c1-16(23-24(19-7-8-19)35-15-36-28(23)43-4)37-26-21(13-34)27(42-3)39-41(26)17(2)18-5-9-20(10-6-18)25-38-22(29(31,32)33)14-40(25)12-11-30/h5-6,9-10,13-17,19,34,37H,7-8,11-12H2,1-4H3/t16?,17-/m0/s1. The smallest absolute Gasteiger partial charge is 0.434 e. The Balaban J connectivity index is 1.49. The van der Waals surface area contributed by atoms with Gasteiger partial charge >= 0.3 is 6.18 Å². The largest absolute Gasteiger partial charge is 0.481 e. The maximum absolute atomic E-state index is 13.3. The van der Waals surface area contributed by atoms with Crippen LogP contribution in [0.1, 0.15) is 72.8 Å². The summed E-state index contributed by atoms with van der Waals surface area (Å²) in [6.07, 6.45) is 0.911. The van der Waals surface area contributed by atoms with Gasteiger partial charge in [-0.2, -0.15) is 13.2 Å². The lowest BCUT2D eigenvalue weighted by molar-refractivity contribution is -0.140. The molecule has 0 spiro atoms. The lowest BCUT2D eigenvalue weighted by Gasteiger charge is -2.23. The molecule has 1 aliphatic rings. The predicted molar refractivity (Wildman–Crippen MR) is 152 cm³/mol. The minimum absolute atomic E-state index is 0.0257. The molecule has 1 aliphatic carbocycles. The molecule has 1 saturated carbocycles. The number of hydrogen-bond acceptors (Lipinski definition) is 8. The van der Waals surface area contributed by atoms with Crippen molar-refractivity contribution in [1.29, 1.82) is 5.41 Å². The van der Waals surface area contributed by atoms with Crippen molar-refractivity contribution in [3.05, 3.63) is 64.9 Å². The molecule has 0 bridgehead atoms. The minimum atomic E-state index is -4.65. The Morgan fingerprint density at radius 1 is 1.09 bits per heavy atom. The zero-order valence-electron chi connectivity index (χ0n) is 24.1. The van der Waals surface area contributed by atoms with Crippen molar-refractivity contribution in [2.45, 2.75) is 57.4 Å². The average molecular weight is 601 g/mol. The number of nitrogens with one attached hydrogen (secondary N) is 2. The fraction of sp³-hybridized carbons (Fsp3) is 0.414. The van der Waals surface area contributed by atoms with Gasteiger partial charge in [-0.05, 0) is 32.3 Å². The van der Waals surface area contributed by atoms with Gasteiger partial charge in [-0.15, -0.1) is 5.10 Å². The van der Waals surface area contributed by atoms with Crippen LogP contribution in [0.5, 0.6) is 11.8 Å². The maximum Gasteiger partial charge on any atom is 0.434 e. The van der Waals surface area contributed by atoms with Gasteiger partial charge in [0, 0.05) is 23.9 Å². The summed E-state index contributed by atoms with van der Waals surface area (Å²) in [5.74, 6) is 1.60. The molecule has 0 aliphatic heterocycles. The van der Waals surface area contributed by atoms with Gasteiger partial charge in [-0.25, -0.2) is 24.0 Å². The fourth-order valence-corrected chi connectivity index (χ4v) is 5.15.